The van der Waals surface area contributed by atoms with Crippen LogP contribution in [0.15, 0.2) is 18.2 Å². The lowest BCUT2D eigenvalue weighted by Crippen LogP contribution is -2.39. The summed E-state index contributed by atoms with van der Waals surface area (Å²) in [6, 6.07) is 8.09. The monoisotopic (exact) mass is 245 g/mol. The molecular weight excluding hydrogens is 226 g/mol. The number of methoxy groups -OCH3 is 1. The van der Waals surface area contributed by atoms with Gasteiger partial charge in [-0.05, 0) is 38.6 Å². The first kappa shape index (κ1) is 12.7. The summed E-state index contributed by atoms with van der Waals surface area (Å²) in [5.74, 6) is 0.738. The van der Waals surface area contributed by atoms with Gasteiger partial charge >= 0.3 is 0 Å². The summed E-state index contributed by atoms with van der Waals surface area (Å²) < 4.78 is 5.33. The largest absolute Gasteiger partial charge is 0.495 e. The molecule has 0 amide bonds. The van der Waals surface area contributed by atoms with Crippen LogP contribution >= 0.6 is 0 Å². The molecular formula is C14H19N3O. The van der Waals surface area contributed by atoms with Gasteiger partial charge in [0.25, 0.3) is 0 Å². The number of rotatable bonds is 3. The number of ether oxygens (including phenoxy) is 1. The highest BCUT2D eigenvalue weighted by Crippen LogP contribution is 2.27. The molecule has 1 aliphatic heterocycles. The number of hydrogen-bond acceptors (Lipinski definition) is 4. The Morgan fingerprint density at radius 2 is 2.33 bits per heavy atom. The molecule has 1 aliphatic rings. The summed E-state index contributed by atoms with van der Waals surface area (Å²) in [7, 11) is 3.78. The van der Waals surface area contributed by atoms with Crippen molar-refractivity contribution in [2.45, 2.75) is 18.9 Å². The van der Waals surface area contributed by atoms with Gasteiger partial charge in [-0.2, -0.15) is 5.26 Å². The van der Waals surface area contributed by atoms with E-state index in [1.54, 1.807) is 13.2 Å². The highest BCUT2D eigenvalue weighted by molar-refractivity contribution is 5.60. The van der Waals surface area contributed by atoms with Crippen LogP contribution in [0.25, 0.3) is 0 Å². The molecule has 0 aromatic heterocycles. The number of nitrogens with zero attached hydrogens (tertiary/aromatic N) is 2. The van der Waals surface area contributed by atoms with Gasteiger partial charge in [0.05, 0.1) is 24.4 Å². The predicted molar refractivity (Wildman–Crippen MR) is 71.9 cm³/mol. The highest BCUT2D eigenvalue weighted by Gasteiger charge is 2.18. The lowest BCUT2D eigenvalue weighted by atomic mass is 10.1. The van der Waals surface area contributed by atoms with E-state index in [4.69, 9.17) is 10.00 Å². The first-order valence-corrected chi connectivity index (χ1v) is 6.26. The number of anilines is 1. The molecule has 4 heteroatoms. The number of nitriles is 1. The molecule has 0 aliphatic carbocycles. The molecule has 1 saturated heterocycles. The van der Waals surface area contributed by atoms with Gasteiger partial charge in [0.1, 0.15) is 5.75 Å². The minimum Gasteiger partial charge on any atom is -0.495 e. The number of benzene rings is 1. The van der Waals surface area contributed by atoms with Crippen molar-refractivity contribution in [1.82, 2.24) is 4.90 Å². The molecule has 18 heavy (non-hydrogen) atoms. The van der Waals surface area contributed by atoms with Crippen molar-refractivity contribution in [3.63, 3.8) is 0 Å². The predicted octanol–water partition coefficient (Wildman–Crippen LogP) is 2.07. The normalized spacial score (nSPS) is 20.2. The standard InChI is InChI=1S/C14H19N3O/c1-17-7-3-4-12(10-17)16-13-6-5-11(9-15)8-14(13)18-2/h5-6,8,12,16H,3-4,7,10H2,1-2H3. The summed E-state index contributed by atoms with van der Waals surface area (Å²) in [5.41, 5.74) is 1.59. The van der Waals surface area contributed by atoms with Crippen molar-refractivity contribution < 1.29 is 4.74 Å². The molecule has 0 radical (unpaired) electrons. The van der Waals surface area contributed by atoms with Crippen molar-refractivity contribution in [3.8, 4) is 11.8 Å². The molecule has 0 saturated carbocycles. The first-order valence-electron chi connectivity index (χ1n) is 6.26. The van der Waals surface area contributed by atoms with E-state index in [2.05, 4.69) is 23.3 Å². The quantitative estimate of drug-likeness (QED) is 0.885. The Hall–Kier alpha value is -1.73. The Morgan fingerprint density at radius 1 is 1.50 bits per heavy atom. The van der Waals surface area contributed by atoms with Crippen LogP contribution in [0.4, 0.5) is 5.69 Å². The molecule has 4 nitrogen and oxygen atoms in total. The van der Waals surface area contributed by atoms with Crippen molar-refractivity contribution in [3.05, 3.63) is 23.8 Å². The zero-order valence-corrected chi connectivity index (χ0v) is 10.9. The fourth-order valence-corrected chi connectivity index (χ4v) is 2.38. The molecule has 2 rings (SSSR count). The fourth-order valence-electron chi connectivity index (χ4n) is 2.38. The van der Waals surface area contributed by atoms with Gasteiger partial charge in [0, 0.05) is 18.7 Å². The van der Waals surface area contributed by atoms with E-state index in [1.165, 1.54) is 19.4 Å². The van der Waals surface area contributed by atoms with E-state index in [0.717, 1.165) is 18.0 Å². The third-order valence-electron chi connectivity index (χ3n) is 3.31. The Bertz CT molecular complexity index is 453. The van der Waals surface area contributed by atoms with Gasteiger partial charge < -0.3 is 15.0 Å². The lowest BCUT2D eigenvalue weighted by Gasteiger charge is -2.31. The molecule has 1 heterocycles. The summed E-state index contributed by atoms with van der Waals surface area (Å²) in [4.78, 5) is 2.33. The number of likely N-dealkylation sites (tertiary alicyclic amines) is 1. The second-order valence-electron chi connectivity index (χ2n) is 4.77. The van der Waals surface area contributed by atoms with E-state index in [1.807, 2.05) is 12.1 Å². The number of nitrogens with one attached hydrogen (secondary N) is 1. The topological polar surface area (TPSA) is 48.3 Å². The van der Waals surface area contributed by atoms with Gasteiger partial charge in [-0.15, -0.1) is 0 Å². The second kappa shape index (κ2) is 5.74. The minimum absolute atomic E-state index is 0.450. The van der Waals surface area contributed by atoms with Gasteiger partial charge in [-0.1, -0.05) is 0 Å². The van der Waals surface area contributed by atoms with Crippen LogP contribution in [0.3, 0.4) is 0 Å². The summed E-state index contributed by atoms with van der Waals surface area (Å²) in [5, 5.41) is 12.4. The van der Waals surface area contributed by atoms with Crippen LogP contribution in [0, 0.1) is 11.3 Å². The molecule has 1 unspecified atom stereocenters. The molecule has 1 atom stereocenters. The fraction of sp³-hybridized carbons (Fsp3) is 0.500. The van der Waals surface area contributed by atoms with Crippen LogP contribution in [-0.4, -0.2) is 38.2 Å². The Labute approximate surface area is 108 Å². The number of likely N-dealkylation sites (N-methyl/N-ethyl adjacent to an activating group) is 1. The van der Waals surface area contributed by atoms with E-state index in [-0.39, 0.29) is 0 Å². The average molecular weight is 245 g/mol. The third-order valence-corrected chi connectivity index (χ3v) is 3.31. The SMILES string of the molecule is COc1cc(C#N)ccc1NC1CCCN(C)C1. The molecule has 0 bridgehead atoms. The zero-order chi connectivity index (χ0) is 13.0. The summed E-state index contributed by atoms with van der Waals surface area (Å²) >= 11 is 0. The van der Waals surface area contributed by atoms with E-state index < -0.39 is 0 Å². The smallest absolute Gasteiger partial charge is 0.143 e. The molecule has 96 valence electrons. The Balaban J connectivity index is 2.11. The maximum absolute atomic E-state index is 8.87. The van der Waals surface area contributed by atoms with Crippen molar-refractivity contribution >= 4 is 5.69 Å². The summed E-state index contributed by atoms with van der Waals surface area (Å²) in [6.07, 6.45) is 2.39. The Kier molecular flexibility index (Phi) is 4.06. The molecule has 1 aromatic carbocycles. The van der Waals surface area contributed by atoms with Crippen LogP contribution < -0.4 is 10.1 Å². The minimum atomic E-state index is 0.450. The van der Waals surface area contributed by atoms with E-state index in [9.17, 15) is 0 Å². The van der Waals surface area contributed by atoms with E-state index >= 15 is 0 Å². The van der Waals surface area contributed by atoms with E-state index in [0.29, 0.717) is 11.6 Å². The summed E-state index contributed by atoms with van der Waals surface area (Å²) in [6.45, 7) is 2.21. The van der Waals surface area contributed by atoms with Crippen molar-refractivity contribution in [1.29, 1.82) is 5.26 Å². The maximum Gasteiger partial charge on any atom is 0.143 e. The molecule has 1 N–H and O–H groups in total. The van der Waals surface area contributed by atoms with Crippen molar-refractivity contribution in [2.24, 2.45) is 0 Å². The molecule has 1 fully saturated rings. The van der Waals surface area contributed by atoms with Gasteiger partial charge in [0.15, 0.2) is 0 Å². The number of hydrogen-bond donors (Lipinski definition) is 1. The van der Waals surface area contributed by atoms with Crippen LogP contribution in [0.2, 0.25) is 0 Å². The second-order valence-corrected chi connectivity index (χ2v) is 4.77. The number of piperidine rings is 1. The Morgan fingerprint density at radius 3 is 3.00 bits per heavy atom. The van der Waals surface area contributed by atoms with Crippen LogP contribution in [-0.2, 0) is 0 Å². The first-order chi connectivity index (χ1) is 8.72. The van der Waals surface area contributed by atoms with Crippen LogP contribution in [0.5, 0.6) is 5.75 Å². The third kappa shape index (κ3) is 2.93. The molecule has 1 aromatic rings. The lowest BCUT2D eigenvalue weighted by molar-refractivity contribution is 0.260. The highest BCUT2D eigenvalue weighted by atomic mass is 16.5. The zero-order valence-electron chi connectivity index (χ0n) is 10.9. The average Bonchev–Trinajstić information content (AvgIpc) is 2.39. The molecule has 0 spiro atoms. The van der Waals surface area contributed by atoms with Crippen molar-refractivity contribution in [2.75, 3.05) is 32.6 Å². The maximum atomic E-state index is 8.87. The van der Waals surface area contributed by atoms with Gasteiger partial charge in [-0.3, -0.25) is 0 Å². The van der Waals surface area contributed by atoms with Gasteiger partial charge in [0.2, 0.25) is 0 Å². The van der Waals surface area contributed by atoms with Crippen LogP contribution in [0.1, 0.15) is 18.4 Å². The van der Waals surface area contributed by atoms with Gasteiger partial charge in [-0.25, -0.2) is 0 Å².